The van der Waals surface area contributed by atoms with Crippen LogP contribution in [-0.2, 0) is 6.42 Å². The zero-order valence-electron chi connectivity index (χ0n) is 11.9. The van der Waals surface area contributed by atoms with Crippen molar-refractivity contribution in [2.24, 2.45) is 0 Å². The first kappa shape index (κ1) is 13.0. The van der Waals surface area contributed by atoms with E-state index in [1.807, 2.05) is 23.1 Å². The van der Waals surface area contributed by atoms with Crippen molar-refractivity contribution in [3.63, 3.8) is 0 Å². The van der Waals surface area contributed by atoms with Crippen LogP contribution in [0.25, 0.3) is 0 Å². The molecule has 5 heteroatoms. The second kappa shape index (κ2) is 5.15. The number of nitrogens with one attached hydrogen (secondary N) is 2. The highest BCUT2D eigenvalue weighted by Gasteiger charge is 2.21. The van der Waals surface area contributed by atoms with Gasteiger partial charge in [0.15, 0.2) is 0 Å². The zero-order chi connectivity index (χ0) is 14.1. The number of rotatable bonds is 3. The molecule has 2 aromatic rings. The first-order chi connectivity index (χ1) is 9.63. The summed E-state index contributed by atoms with van der Waals surface area (Å²) < 4.78 is 1.94. The van der Waals surface area contributed by atoms with Crippen LogP contribution in [0.15, 0.2) is 29.3 Å². The third-order valence-electron chi connectivity index (χ3n) is 3.80. The molecule has 0 aliphatic heterocycles. The normalized spacial score (nSPS) is 18.1. The van der Waals surface area contributed by atoms with Gasteiger partial charge in [-0.25, -0.2) is 0 Å². The zero-order valence-corrected chi connectivity index (χ0v) is 11.9. The fraction of sp³-hybridized carbons (Fsp3) is 0.467. The molecule has 0 aromatic carbocycles. The molecule has 1 atom stereocenters. The average molecular weight is 272 g/mol. The summed E-state index contributed by atoms with van der Waals surface area (Å²) in [5, 5.41) is 7.87. The van der Waals surface area contributed by atoms with E-state index in [0.29, 0.717) is 6.04 Å². The molecule has 2 heterocycles. The maximum atomic E-state index is 11.4. The van der Waals surface area contributed by atoms with E-state index in [1.165, 1.54) is 5.56 Å². The maximum Gasteiger partial charge on any atom is 0.248 e. The molecule has 106 valence electrons. The molecule has 1 aliphatic rings. The Labute approximate surface area is 118 Å². The summed E-state index contributed by atoms with van der Waals surface area (Å²) in [6.07, 6.45) is 7.01. The minimum absolute atomic E-state index is 0.0166. The number of pyridine rings is 1. The standard InChI is InChI=1S/C15H20N4O/c1-10(2)19-9-11(8-16-19)17-13-4-3-5-14-12(13)6-7-15(20)18-14/h6-10,13,17H,3-5H2,1-2H3,(H,18,20). The molecule has 0 saturated carbocycles. The first-order valence-electron chi connectivity index (χ1n) is 7.16. The molecule has 0 spiro atoms. The Hall–Kier alpha value is -2.04. The average Bonchev–Trinajstić information content (AvgIpc) is 2.87. The lowest BCUT2D eigenvalue weighted by atomic mass is 9.91. The van der Waals surface area contributed by atoms with Crippen LogP contribution in [0.4, 0.5) is 5.69 Å². The molecule has 3 rings (SSSR count). The van der Waals surface area contributed by atoms with Gasteiger partial charge >= 0.3 is 0 Å². The van der Waals surface area contributed by atoms with Gasteiger partial charge in [-0.1, -0.05) is 0 Å². The summed E-state index contributed by atoms with van der Waals surface area (Å²) in [7, 11) is 0. The monoisotopic (exact) mass is 272 g/mol. The van der Waals surface area contributed by atoms with Crippen LogP contribution in [0.3, 0.4) is 0 Å². The number of anilines is 1. The van der Waals surface area contributed by atoms with Crippen LogP contribution in [0, 0.1) is 0 Å². The van der Waals surface area contributed by atoms with E-state index in [1.54, 1.807) is 6.07 Å². The van der Waals surface area contributed by atoms with Gasteiger partial charge in [-0.15, -0.1) is 0 Å². The molecule has 0 amide bonds. The Morgan fingerprint density at radius 1 is 1.45 bits per heavy atom. The summed E-state index contributed by atoms with van der Waals surface area (Å²) >= 11 is 0. The molecule has 0 bridgehead atoms. The Morgan fingerprint density at radius 2 is 2.30 bits per heavy atom. The van der Waals surface area contributed by atoms with Gasteiger partial charge < -0.3 is 10.3 Å². The molecule has 1 aliphatic carbocycles. The SMILES string of the molecule is CC(C)n1cc(NC2CCCc3[nH]c(=O)ccc32)cn1. The second-order valence-electron chi connectivity index (χ2n) is 5.65. The molecule has 0 fully saturated rings. The van der Waals surface area contributed by atoms with Gasteiger partial charge in [0.25, 0.3) is 0 Å². The molecule has 1 unspecified atom stereocenters. The minimum Gasteiger partial charge on any atom is -0.376 e. The van der Waals surface area contributed by atoms with Crippen LogP contribution in [0.2, 0.25) is 0 Å². The number of hydrogen-bond donors (Lipinski definition) is 2. The molecule has 0 radical (unpaired) electrons. The molecular weight excluding hydrogens is 252 g/mol. The van der Waals surface area contributed by atoms with E-state index in [4.69, 9.17) is 0 Å². The number of aryl methyl sites for hydroxylation is 1. The van der Waals surface area contributed by atoms with E-state index in [9.17, 15) is 4.79 Å². The van der Waals surface area contributed by atoms with Crippen molar-refractivity contribution in [1.29, 1.82) is 0 Å². The quantitative estimate of drug-likeness (QED) is 0.903. The van der Waals surface area contributed by atoms with Crippen LogP contribution in [0.5, 0.6) is 0 Å². The van der Waals surface area contributed by atoms with Crippen LogP contribution in [-0.4, -0.2) is 14.8 Å². The Bertz CT molecular complexity index is 656. The highest BCUT2D eigenvalue weighted by atomic mass is 16.1. The summed E-state index contributed by atoms with van der Waals surface area (Å²) in [6.45, 7) is 4.22. The van der Waals surface area contributed by atoms with E-state index in [0.717, 1.165) is 30.6 Å². The first-order valence-corrected chi connectivity index (χ1v) is 7.16. The highest BCUT2D eigenvalue weighted by Crippen LogP contribution is 2.30. The van der Waals surface area contributed by atoms with Crippen LogP contribution in [0.1, 0.15) is 50.0 Å². The lowest BCUT2D eigenvalue weighted by Crippen LogP contribution is -2.21. The van der Waals surface area contributed by atoms with Crippen molar-refractivity contribution in [2.45, 2.75) is 45.2 Å². The van der Waals surface area contributed by atoms with Crippen molar-refractivity contribution >= 4 is 5.69 Å². The van der Waals surface area contributed by atoms with Gasteiger partial charge in [0.05, 0.1) is 17.9 Å². The Balaban J connectivity index is 1.83. The van der Waals surface area contributed by atoms with E-state index in [-0.39, 0.29) is 11.6 Å². The maximum absolute atomic E-state index is 11.4. The van der Waals surface area contributed by atoms with Gasteiger partial charge in [-0.2, -0.15) is 5.10 Å². The van der Waals surface area contributed by atoms with E-state index in [2.05, 4.69) is 29.2 Å². The van der Waals surface area contributed by atoms with Crippen molar-refractivity contribution in [2.75, 3.05) is 5.32 Å². The van der Waals surface area contributed by atoms with Crippen molar-refractivity contribution in [3.05, 3.63) is 46.1 Å². The van der Waals surface area contributed by atoms with E-state index < -0.39 is 0 Å². The topological polar surface area (TPSA) is 62.7 Å². The molecular formula is C15H20N4O. The second-order valence-corrected chi connectivity index (χ2v) is 5.65. The molecule has 5 nitrogen and oxygen atoms in total. The van der Waals surface area contributed by atoms with Crippen LogP contribution < -0.4 is 10.9 Å². The van der Waals surface area contributed by atoms with Gasteiger partial charge in [0.2, 0.25) is 5.56 Å². The summed E-state index contributed by atoms with van der Waals surface area (Å²) in [6, 6.07) is 4.16. The summed E-state index contributed by atoms with van der Waals surface area (Å²) in [4.78, 5) is 14.3. The molecule has 0 saturated heterocycles. The summed E-state index contributed by atoms with van der Waals surface area (Å²) in [5.74, 6) is 0. The molecule has 2 N–H and O–H groups in total. The van der Waals surface area contributed by atoms with Gasteiger partial charge in [-0.05, 0) is 44.7 Å². The number of hydrogen-bond acceptors (Lipinski definition) is 3. The Morgan fingerprint density at radius 3 is 3.05 bits per heavy atom. The summed E-state index contributed by atoms with van der Waals surface area (Å²) in [5.41, 5.74) is 3.28. The van der Waals surface area contributed by atoms with E-state index >= 15 is 0 Å². The largest absolute Gasteiger partial charge is 0.376 e. The number of aromatic nitrogens is 3. The van der Waals surface area contributed by atoms with Crippen molar-refractivity contribution in [1.82, 2.24) is 14.8 Å². The number of fused-ring (bicyclic) bond motifs is 1. The van der Waals surface area contributed by atoms with Gasteiger partial charge in [0.1, 0.15) is 0 Å². The lowest BCUT2D eigenvalue weighted by molar-refractivity contribution is 0.532. The number of aromatic amines is 1. The number of H-pyrrole nitrogens is 1. The van der Waals surface area contributed by atoms with Gasteiger partial charge in [0, 0.05) is 24.0 Å². The van der Waals surface area contributed by atoms with Crippen molar-refractivity contribution < 1.29 is 0 Å². The third-order valence-corrected chi connectivity index (χ3v) is 3.80. The lowest BCUT2D eigenvalue weighted by Gasteiger charge is -2.26. The predicted octanol–water partition coefficient (Wildman–Crippen LogP) is 2.64. The molecule has 20 heavy (non-hydrogen) atoms. The van der Waals surface area contributed by atoms with Gasteiger partial charge in [-0.3, -0.25) is 9.48 Å². The number of nitrogens with zero attached hydrogens (tertiary/aromatic N) is 2. The Kier molecular flexibility index (Phi) is 3.34. The fourth-order valence-corrected chi connectivity index (χ4v) is 2.75. The predicted molar refractivity (Wildman–Crippen MR) is 79.0 cm³/mol. The smallest absolute Gasteiger partial charge is 0.248 e. The fourth-order valence-electron chi connectivity index (χ4n) is 2.75. The van der Waals surface area contributed by atoms with Crippen LogP contribution >= 0.6 is 0 Å². The highest BCUT2D eigenvalue weighted by molar-refractivity contribution is 5.43. The third kappa shape index (κ3) is 2.48. The molecule has 2 aromatic heterocycles. The minimum atomic E-state index is -0.0166. The van der Waals surface area contributed by atoms with Crippen molar-refractivity contribution in [3.8, 4) is 0 Å².